The first-order chi connectivity index (χ1) is 7.30. The maximum atomic E-state index is 5.99. The van der Waals surface area contributed by atoms with E-state index < -0.39 is 0 Å². The molecule has 1 N–H and O–H groups in total. The van der Waals surface area contributed by atoms with Crippen LogP contribution in [0.5, 0.6) is 0 Å². The zero-order valence-electron chi connectivity index (χ0n) is 10.8. The van der Waals surface area contributed by atoms with Crippen LogP contribution in [0.15, 0.2) is 24.3 Å². The molecule has 2 heteroatoms. The largest absolute Gasteiger partial charge is 0.307 e. The first-order valence-electron chi connectivity index (χ1n) is 5.82. The van der Waals surface area contributed by atoms with E-state index in [2.05, 4.69) is 46.0 Å². The van der Waals surface area contributed by atoms with E-state index in [1.54, 1.807) is 0 Å². The standard InChI is InChI=1S/C14H22ClN/c1-10(16-11(2)14(3,4)5)12-7-6-8-13(15)9-12/h6-11,16H,1-5H3. The maximum Gasteiger partial charge on any atom is 0.0409 e. The highest BCUT2D eigenvalue weighted by atomic mass is 35.5. The van der Waals surface area contributed by atoms with E-state index in [-0.39, 0.29) is 5.41 Å². The van der Waals surface area contributed by atoms with Crippen LogP contribution in [-0.2, 0) is 0 Å². The number of rotatable bonds is 3. The zero-order chi connectivity index (χ0) is 12.3. The Labute approximate surface area is 104 Å². The summed E-state index contributed by atoms with van der Waals surface area (Å²) in [6, 6.07) is 8.82. The molecule has 0 saturated heterocycles. The molecule has 1 aromatic rings. The molecule has 0 heterocycles. The van der Waals surface area contributed by atoms with Gasteiger partial charge in [-0.2, -0.15) is 0 Å². The smallest absolute Gasteiger partial charge is 0.0409 e. The highest BCUT2D eigenvalue weighted by molar-refractivity contribution is 6.30. The van der Waals surface area contributed by atoms with Gasteiger partial charge in [0.25, 0.3) is 0 Å². The van der Waals surface area contributed by atoms with Crippen LogP contribution in [0.2, 0.25) is 5.02 Å². The molecule has 90 valence electrons. The molecule has 0 amide bonds. The lowest BCUT2D eigenvalue weighted by molar-refractivity contribution is 0.268. The molecule has 0 aliphatic rings. The third-order valence-corrected chi connectivity index (χ3v) is 3.38. The van der Waals surface area contributed by atoms with Crippen molar-refractivity contribution in [2.24, 2.45) is 5.41 Å². The Hall–Kier alpha value is -0.530. The molecule has 1 nitrogen and oxygen atoms in total. The van der Waals surface area contributed by atoms with Crippen LogP contribution in [0.3, 0.4) is 0 Å². The molecule has 0 aliphatic carbocycles. The zero-order valence-corrected chi connectivity index (χ0v) is 11.6. The van der Waals surface area contributed by atoms with E-state index in [1.165, 1.54) is 5.56 Å². The Morgan fingerprint density at radius 2 is 1.81 bits per heavy atom. The summed E-state index contributed by atoms with van der Waals surface area (Å²) < 4.78 is 0. The fraction of sp³-hybridized carbons (Fsp3) is 0.571. The quantitative estimate of drug-likeness (QED) is 0.823. The van der Waals surface area contributed by atoms with Gasteiger partial charge in [-0.15, -0.1) is 0 Å². The van der Waals surface area contributed by atoms with Gasteiger partial charge in [0.15, 0.2) is 0 Å². The molecule has 0 bridgehead atoms. The Balaban J connectivity index is 2.69. The van der Waals surface area contributed by atoms with Gasteiger partial charge >= 0.3 is 0 Å². The Morgan fingerprint density at radius 1 is 1.19 bits per heavy atom. The summed E-state index contributed by atoms with van der Waals surface area (Å²) in [5.41, 5.74) is 1.51. The van der Waals surface area contributed by atoms with Crippen LogP contribution >= 0.6 is 11.6 Å². The van der Waals surface area contributed by atoms with Crippen molar-refractivity contribution in [3.05, 3.63) is 34.9 Å². The summed E-state index contributed by atoms with van der Waals surface area (Å²) in [6.45, 7) is 11.1. The highest BCUT2D eigenvalue weighted by Crippen LogP contribution is 2.23. The van der Waals surface area contributed by atoms with Crippen LogP contribution in [0, 0.1) is 5.41 Å². The van der Waals surface area contributed by atoms with E-state index in [1.807, 2.05) is 18.2 Å². The summed E-state index contributed by atoms with van der Waals surface area (Å²) in [6.07, 6.45) is 0. The average Bonchev–Trinajstić information content (AvgIpc) is 2.16. The third-order valence-electron chi connectivity index (χ3n) is 3.15. The molecule has 0 aromatic heterocycles. The highest BCUT2D eigenvalue weighted by Gasteiger charge is 2.21. The molecular weight excluding hydrogens is 218 g/mol. The summed E-state index contributed by atoms with van der Waals surface area (Å²) in [4.78, 5) is 0. The molecule has 1 aromatic carbocycles. The lowest BCUT2D eigenvalue weighted by Gasteiger charge is -2.31. The molecule has 0 spiro atoms. The van der Waals surface area contributed by atoms with Gasteiger partial charge in [0.2, 0.25) is 0 Å². The van der Waals surface area contributed by atoms with Gasteiger partial charge in [0, 0.05) is 17.1 Å². The first-order valence-corrected chi connectivity index (χ1v) is 6.20. The van der Waals surface area contributed by atoms with Gasteiger partial charge in [-0.25, -0.2) is 0 Å². The normalized spacial score (nSPS) is 15.9. The Bertz CT molecular complexity index is 341. The predicted molar refractivity (Wildman–Crippen MR) is 71.9 cm³/mol. The molecular formula is C14H22ClN. The molecule has 1 rings (SSSR count). The molecule has 0 radical (unpaired) electrons. The number of nitrogens with one attached hydrogen (secondary N) is 1. The van der Waals surface area contributed by atoms with Crippen molar-refractivity contribution in [1.82, 2.24) is 5.32 Å². The fourth-order valence-corrected chi connectivity index (χ4v) is 1.70. The van der Waals surface area contributed by atoms with Gasteiger partial charge in [-0.3, -0.25) is 0 Å². The van der Waals surface area contributed by atoms with E-state index in [9.17, 15) is 0 Å². The van der Waals surface area contributed by atoms with Crippen LogP contribution in [0.4, 0.5) is 0 Å². The third kappa shape index (κ3) is 3.80. The molecule has 0 fully saturated rings. The lowest BCUT2D eigenvalue weighted by Crippen LogP contribution is -2.39. The second-order valence-electron chi connectivity index (χ2n) is 5.53. The summed E-state index contributed by atoms with van der Waals surface area (Å²) in [5, 5.41) is 4.41. The van der Waals surface area contributed by atoms with Crippen molar-refractivity contribution in [1.29, 1.82) is 0 Å². The predicted octanol–water partition coefficient (Wildman–Crippen LogP) is 4.43. The first kappa shape index (κ1) is 13.5. The van der Waals surface area contributed by atoms with Crippen LogP contribution < -0.4 is 5.32 Å². The minimum absolute atomic E-state index is 0.271. The van der Waals surface area contributed by atoms with Crippen molar-refractivity contribution < 1.29 is 0 Å². The van der Waals surface area contributed by atoms with Crippen LogP contribution in [0.25, 0.3) is 0 Å². The summed E-state index contributed by atoms with van der Waals surface area (Å²) >= 11 is 5.99. The van der Waals surface area contributed by atoms with Gasteiger partial charge in [0.1, 0.15) is 0 Å². The van der Waals surface area contributed by atoms with Gasteiger partial charge < -0.3 is 5.32 Å². The minimum Gasteiger partial charge on any atom is -0.307 e. The molecule has 0 aliphatic heterocycles. The fourth-order valence-electron chi connectivity index (χ4n) is 1.50. The maximum absolute atomic E-state index is 5.99. The van der Waals surface area contributed by atoms with E-state index >= 15 is 0 Å². The SMILES string of the molecule is CC(NC(C)C(C)(C)C)c1cccc(Cl)c1. The van der Waals surface area contributed by atoms with Crippen LogP contribution in [-0.4, -0.2) is 6.04 Å². The van der Waals surface area contributed by atoms with Crippen molar-refractivity contribution in [2.45, 2.75) is 46.7 Å². The van der Waals surface area contributed by atoms with Gasteiger partial charge in [-0.05, 0) is 37.0 Å². The summed E-state index contributed by atoms with van der Waals surface area (Å²) in [7, 11) is 0. The van der Waals surface area contributed by atoms with Crippen LogP contribution in [0.1, 0.15) is 46.2 Å². The van der Waals surface area contributed by atoms with Gasteiger partial charge in [0.05, 0.1) is 0 Å². The van der Waals surface area contributed by atoms with Crippen molar-refractivity contribution in [3.8, 4) is 0 Å². The Kier molecular flexibility index (Phi) is 4.40. The van der Waals surface area contributed by atoms with E-state index in [0.717, 1.165) is 5.02 Å². The number of benzene rings is 1. The number of hydrogen-bond acceptors (Lipinski definition) is 1. The van der Waals surface area contributed by atoms with Crippen molar-refractivity contribution in [3.63, 3.8) is 0 Å². The lowest BCUT2D eigenvalue weighted by atomic mass is 9.87. The van der Waals surface area contributed by atoms with Crippen molar-refractivity contribution >= 4 is 11.6 Å². The van der Waals surface area contributed by atoms with E-state index in [4.69, 9.17) is 11.6 Å². The second kappa shape index (κ2) is 5.20. The average molecular weight is 240 g/mol. The van der Waals surface area contributed by atoms with Crippen molar-refractivity contribution in [2.75, 3.05) is 0 Å². The Morgan fingerprint density at radius 3 is 2.31 bits per heavy atom. The van der Waals surface area contributed by atoms with Gasteiger partial charge in [-0.1, -0.05) is 44.5 Å². The molecule has 2 atom stereocenters. The monoisotopic (exact) mass is 239 g/mol. The molecule has 16 heavy (non-hydrogen) atoms. The number of halogens is 1. The number of hydrogen-bond donors (Lipinski definition) is 1. The van der Waals surface area contributed by atoms with E-state index in [0.29, 0.717) is 12.1 Å². The second-order valence-corrected chi connectivity index (χ2v) is 5.97. The topological polar surface area (TPSA) is 12.0 Å². The molecule has 2 unspecified atom stereocenters. The molecule has 0 saturated carbocycles. The minimum atomic E-state index is 0.271. The summed E-state index contributed by atoms with van der Waals surface area (Å²) in [5.74, 6) is 0.